The standard InChI is InChI=1S/C28H46O2/c1-17-8-11-26(4)20(14-17)6-7-21-22(26)10-12-27(5)23(21)15-24-25(27)19(3)28(30-24)13-9-18(2)16-29-28/h17-25H,6-16H2,1-5H3. The minimum absolute atomic E-state index is 0.254. The van der Waals surface area contributed by atoms with Gasteiger partial charge in [0.25, 0.3) is 0 Å². The van der Waals surface area contributed by atoms with Crippen LogP contribution in [0.2, 0.25) is 0 Å². The molecule has 0 aromatic heterocycles. The Hall–Kier alpha value is -0.0800. The Morgan fingerprint density at radius 3 is 2.27 bits per heavy atom. The molecule has 0 radical (unpaired) electrons. The molecule has 170 valence electrons. The minimum Gasteiger partial charge on any atom is -0.349 e. The van der Waals surface area contributed by atoms with E-state index in [9.17, 15) is 0 Å². The van der Waals surface area contributed by atoms with Crippen LogP contribution in [0.15, 0.2) is 0 Å². The average Bonchev–Trinajstić information content (AvgIpc) is 3.16. The topological polar surface area (TPSA) is 18.5 Å². The first kappa shape index (κ1) is 20.5. The van der Waals surface area contributed by atoms with Crippen LogP contribution in [0.5, 0.6) is 0 Å². The monoisotopic (exact) mass is 414 g/mol. The summed E-state index contributed by atoms with van der Waals surface area (Å²) in [5, 5.41) is 0. The van der Waals surface area contributed by atoms with Gasteiger partial charge in [-0.3, -0.25) is 0 Å². The molecule has 6 aliphatic rings. The molecule has 0 bridgehead atoms. The molecule has 4 saturated carbocycles. The summed E-state index contributed by atoms with van der Waals surface area (Å²) in [6.07, 6.45) is 14.6. The Morgan fingerprint density at radius 1 is 0.733 bits per heavy atom. The summed E-state index contributed by atoms with van der Waals surface area (Å²) < 4.78 is 13.4. The molecule has 6 rings (SSSR count). The second-order valence-electron chi connectivity index (χ2n) is 13.6. The normalized spacial score (nSPS) is 62.5. The fourth-order valence-corrected chi connectivity index (χ4v) is 10.5. The zero-order valence-corrected chi connectivity index (χ0v) is 20.3. The van der Waals surface area contributed by atoms with Gasteiger partial charge in [0.2, 0.25) is 0 Å². The Bertz CT molecular complexity index is 680. The molecule has 2 heterocycles. The maximum Gasteiger partial charge on any atom is 0.171 e. The minimum atomic E-state index is -0.254. The van der Waals surface area contributed by atoms with Gasteiger partial charge in [-0.25, -0.2) is 0 Å². The fourth-order valence-electron chi connectivity index (χ4n) is 10.5. The van der Waals surface area contributed by atoms with Crippen LogP contribution in [-0.2, 0) is 9.47 Å². The van der Waals surface area contributed by atoms with E-state index in [2.05, 4.69) is 34.6 Å². The predicted molar refractivity (Wildman–Crippen MR) is 121 cm³/mol. The summed E-state index contributed by atoms with van der Waals surface area (Å²) in [6, 6.07) is 0. The molecule has 2 nitrogen and oxygen atoms in total. The van der Waals surface area contributed by atoms with Crippen LogP contribution in [0.3, 0.4) is 0 Å². The largest absolute Gasteiger partial charge is 0.349 e. The number of fused-ring (bicyclic) bond motifs is 7. The molecule has 2 heteroatoms. The molecule has 2 aliphatic heterocycles. The van der Waals surface area contributed by atoms with E-state index in [1.807, 2.05) is 0 Å². The Balaban J connectivity index is 1.26. The van der Waals surface area contributed by atoms with E-state index in [-0.39, 0.29) is 5.79 Å². The molecular weight excluding hydrogens is 368 g/mol. The van der Waals surface area contributed by atoms with Crippen molar-refractivity contribution in [3.8, 4) is 0 Å². The fraction of sp³-hybridized carbons (Fsp3) is 1.00. The van der Waals surface area contributed by atoms with E-state index in [0.29, 0.717) is 34.7 Å². The van der Waals surface area contributed by atoms with Crippen molar-refractivity contribution < 1.29 is 9.47 Å². The van der Waals surface area contributed by atoms with Gasteiger partial charge in [-0.1, -0.05) is 41.0 Å². The van der Waals surface area contributed by atoms with Crippen LogP contribution in [0, 0.1) is 58.2 Å². The zero-order chi connectivity index (χ0) is 20.9. The molecule has 2 saturated heterocycles. The van der Waals surface area contributed by atoms with Gasteiger partial charge in [0.05, 0.1) is 12.7 Å². The molecule has 0 aromatic rings. The van der Waals surface area contributed by atoms with Crippen molar-refractivity contribution in [3.05, 3.63) is 0 Å². The maximum atomic E-state index is 6.93. The number of hydrogen-bond acceptors (Lipinski definition) is 2. The van der Waals surface area contributed by atoms with E-state index in [1.165, 1.54) is 57.8 Å². The Morgan fingerprint density at radius 2 is 1.50 bits per heavy atom. The first-order valence-electron chi connectivity index (χ1n) is 13.6. The van der Waals surface area contributed by atoms with Crippen molar-refractivity contribution in [2.45, 2.75) is 111 Å². The maximum absolute atomic E-state index is 6.93. The summed E-state index contributed by atoms with van der Waals surface area (Å²) in [6.45, 7) is 13.6. The molecule has 0 amide bonds. The molecule has 4 aliphatic carbocycles. The van der Waals surface area contributed by atoms with Gasteiger partial charge in [-0.05, 0) is 104 Å². The van der Waals surface area contributed by atoms with Crippen LogP contribution in [0.4, 0.5) is 0 Å². The first-order chi connectivity index (χ1) is 14.3. The van der Waals surface area contributed by atoms with Crippen molar-refractivity contribution in [2.24, 2.45) is 58.2 Å². The molecule has 0 N–H and O–H groups in total. The van der Waals surface area contributed by atoms with Crippen molar-refractivity contribution in [3.63, 3.8) is 0 Å². The van der Waals surface area contributed by atoms with Crippen LogP contribution < -0.4 is 0 Å². The zero-order valence-electron chi connectivity index (χ0n) is 20.3. The van der Waals surface area contributed by atoms with Crippen molar-refractivity contribution in [1.82, 2.24) is 0 Å². The smallest absolute Gasteiger partial charge is 0.171 e. The molecule has 1 spiro atoms. The van der Waals surface area contributed by atoms with E-state index < -0.39 is 0 Å². The van der Waals surface area contributed by atoms with Crippen molar-refractivity contribution in [2.75, 3.05) is 6.61 Å². The van der Waals surface area contributed by atoms with Crippen LogP contribution >= 0.6 is 0 Å². The highest BCUT2D eigenvalue weighted by Gasteiger charge is 2.69. The van der Waals surface area contributed by atoms with Crippen molar-refractivity contribution >= 4 is 0 Å². The molecule has 0 aromatic carbocycles. The lowest BCUT2D eigenvalue weighted by molar-refractivity contribution is -0.273. The van der Waals surface area contributed by atoms with E-state index in [1.54, 1.807) is 0 Å². The van der Waals surface area contributed by atoms with Crippen molar-refractivity contribution in [1.29, 1.82) is 0 Å². The lowest BCUT2D eigenvalue weighted by Gasteiger charge is -2.61. The van der Waals surface area contributed by atoms with E-state index in [0.717, 1.165) is 42.6 Å². The van der Waals surface area contributed by atoms with Gasteiger partial charge in [0.1, 0.15) is 0 Å². The Labute approximate surface area is 185 Å². The molecule has 6 fully saturated rings. The van der Waals surface area contributed by atoms with Gasteiger partial charge in [-0.15, -0.1) is 0 Å². The number of ether oxygens (including phenoxy) is 2. The second-order valence-corrected chi connectivity index (χ2v) is 13.6. The predicted octanol–water partition coefficient (Wildman–Crippen LogP) is 7.07. The van der Waals surface area contributed by atoms with Crippen LogP contribution in [-0.4, -0.2) is 18.5 Å². The molecular formula is C28H46O2. The summed E-state index contributed by atoms with van der Waals surface area (Å²) >= 11 is 0. The lowest BCUT2D eigenvalue weighted by Crippen LogP contribution is -2.54. The summed E-state index contributed by atoms with van der Waals surface area (Å²) in [4.78, 5) is 0. The third kappa shape index (κ3) is 2.62. The molecule has 30 heavy (non-hydrogen) atoms. The van der Waals surface area contributed by atoms with Gasteiger partial charge in [0, 0.05) is 12.3 Å². The highest BCUT2D eigenvalue weighted by Crippen LogP contribution is 2.71. The first-order valence-corrected chi connectivity index (χ1v) is 13.6. The summed E-state index contributed by atoms with van der Waals surface area (Å²) in [5.41, 5.74) is 1.11. The van der Waals surface area contributed by atoms with Gasteiger partial charge >= 0.3 is 0 Å². The quantitative estimate of drug-likeness (QED) is 0.422. The van der Waals surface area contributed by atoms with Gasteiger partial charge in [-0.2, -0.15) is 0 Å². The van der Waals surface area contributed by atoms with Crippen LogP contribution in [0.1, 0.15) is 98.8 Å². The third-order valence-electron chi connectivity index (χ3n) is 12.2. The number of hydrogen-bond donors (Lipinski definition) is 0. The highest BCUT2D eigenvalue weighted by molar-refractivity contribution is 5.15. The van der Waals surface area contributed by atoms with Crippen LogP contribution in [0.25, 0.3) is 0 Å². The van der Waals surface area contributed by atoms with Gasteiger partial charge < -0.3 is 9.47 Å². The van der Waals surface area contributed by atoms with Gasteiger partial charge in [0.15, 0.2) is 5.79 Å². The highest BCUT2D eigenvalue weighted by atomic mass is 16.7. The number of rotatable bonds is 0. The van der Waals surface area contributed by atoms with E-state index >= 15 is 0 Å². The lowest BCUT2D eigenvalue weighted by atomic mass is 9.44. The Kier molecular flexibility index (Phi) is 4.60. The van der Waals surface area contributed by atoms with E-state index in [4.69, 9.17) is 9.47 Å². The third-order valence-corrected chi connectivity index (χ3v) is 12.2. The summed E-state index contributed by atoms with van der Waals surface area (Å²) in [7, 11) is 0. The summed E-state index contributed by atoms with van der Waals surface area (Å²) in [5.74, 6) is 6.52. The SMILES string of the molecule is CC1CCC2(OC1)OC1CC3C4CCC5CC(C)CCC5(C)C4CCC3(C)C1C2C. The second kappa shape index (κ2) is 6.72. The molecule has 12 atom stereocenters. The average molecular weight is 415 g/mol. The molecule has 12 unspecified atom stereocenters.